The van der Waals surface area contributed by atoms with E-state index in [4.69, 9.17) is 40.5 Å². The molecule has 3 saturated carbocycles. The minimum Gasteiger partial charge on any atom is -0.394 e. The van der Waals surface area contributed by atoms with Crippen molar-refractivity contribution in [1.82, 2.24) is 0 Å². The topological polar surface area (TPSA) is 191 Å². The Morgan fingerprint density at radius 3 is 1.49 bits per heavy atom. The van der Waals surface area contributed by atoms with Crippen molar-refractivity contribution in [2.45, 2.75) is 120 Å². The monoisotopic (exact) mass is 570 g/mol. The standard InChI is InChI=1S/C9H18O5.C7H14O2.C6H12O3.3H2S/c10-4-6(11)5-14-7-1-2-8(12)9(13)3-7;1-5-2-3-6(8)7(9)4-5;7-4-1-2-5(8)6(9)3-4;;;/h6-13H,1-5H2;5-9H,2-4H2,1H3;4-9H,1-3H2;3*1H2. The van der Waals surface area contributed by atoms with Crippen molar-refractivity contribution in [3.8, 4) is 0 Å². The molecule has 3 fully saturated rings. The molecule has 10 atom stereocenters. The van der Waals surface area contributed by atoms with E-state index in [1.54, 1.807) is 0 Å². The highest BCUT2D eigenvalue weighted by Gasteiger charge is 2.28. The molecular formula is C22H50O10S3. The highest BCUT2D eigenvalue weighted by Crippen LogP contribution is 2.24. The third-order valence-corrected chi connectivity index (χ3v) is 6.26. The van der Waals surface area contributed by atoms with Crippen LogP contribution in [-0.4, -0.2) is 114 Å². The summed E-state index contributed by atoms with van der Waals surface area (Å²) in [5.41, 5.74) is 0. The molecule has 0 saturated heterocycles. The van der Waals surface area contributed by atoms with Crippen LogP contribution in [0, 0.1) is 5.92 Å². The summed E-state index contributed by atoms with van der Waals surface area (Å²) in [6.45, 7) is 1.86. The van der Waals surface area contributed by atoms with E-state index in [1.807, 2.05) is 0 Å². The Morgan fingerprint density at radius 2 is 1.09 bits per heavy atom. The first-order valence-electron chi connectivity index (χ1n) is 11.7. The van der Waals surface area contributed by atoms with Crippen LogP contribution in [0.1, 0.15) is 64.7 Å². The molecule has 216 valence electrons. The maximum Gasteiger partial charge on any atom is 0.100 e. The molecule has 3 rings (SSSR count). The summed E-state index contributed by atoms with van der Waals surface area (Å²) in [6.07, 6.45) is 0.562. The molecule has 0 amide bonds. The van der Waals surface area contributed by atoms with E-state index < -0.39 is 48.8 Å². The van der Waals surface area contributed by atoms with Crippen molar-refractivity contribution in [1.29, 1.82) is 0 Å². The molecule has 0 aromatic rings. The van der Waals surface area contributed by atoms with Gasteiger partial charge in [0.25, 0.3) is 0 Å². The van der Waals surface area contributed by atoms with Gasteiger partial charge in [-0.3, -0.25) is 0 Å². The van der Waals surface area contributed by atoms with Gasteiger partial charge < -0.3 is 50.7 Å². The van der Waals surface area contributed by atoms with Crippen LogP contribution in [0.2, 0.25) is 0 Å². The van der Waals surface area contributed by atoms with Gasteiger partial charge in [0.15, 0.2) is 0 Å². The first-order chi connectivity index (χ1) is 15.0. The van der Waals surface area contributed by atoms with Gasteiger partial charge in [0.1, 0.15) is 6.10 Å². The van der Waals surface area contributed by atoms with Crippen molar-refractivity contribution in [2.75, 3.05) is 13.2 Å². The molecule has 13 heteroatoms. The quantitative estimate of drug-likeness (QED) is 0.197. The highest BCUT2D eigenvalue weighted by atomic mass is 32.1. The van der Waals surface area contributed by atoms with Crippen molar-refractivity contribution in [3.63, 3.8) is 0 Å². The van der Waals surface area contributed by atoms with Crippen LogP contribution in [0.25, 0.3) is 0 Å². The molecule has 10 unspecified atom stereocenters. The molecule has 0 heterocycles. The van der Waals surface area contributed by atoms with Crippen LogP contribution in [0.5, 0.6) is 0 Å². The van der Waals surface area contributed by atoms with Crippen LogP contribution in [0.3, 0.4) is 0 Å². The van der Waals surface area contributed by atoms with Crippen LogP contribution >= 0.6 is 40.5 Å². The van der Waals surface area contributed by atoms with Gasteiger partial charge in [-0.25, -0.2) is 0 Å². The second-order valence-electron chi connectivity index (χ2n) is 9.39. The van der Waals surface area contributed by atoms with E-state index in [9.17, 15) is 10.2 Å². The third-order valence-electron chi connectivity index (χ3n) is 6.26. The Kier molecular flexibility index (Phi) is 24.7. The minimum absolute atomic E-state index is 0. The normalized spacial score (nSPS) is 37.4. The molecule has 3 aliphatic carbocycles. The molecule has 3 aliphatic rings. The third kappa shape index (κ3) is 17.0. The molecular weight excluding hydrogens is 520 g/mol. The highest BCUT2D eigenvalue weighted by molar-refractivity contribution is 7.59. The Hall–Kier alpha value is 0.650. The molecule has 0 aromatic carbocycles. The zero-order valence-corrected chi connectivity index (χ0v) is 23.5. The summed E-state index contributed by atoms with van der Waals surface area (Å²) in [6, 6.07) is 0. The van der Waals surface area contributed by atoms with Crippen molar-refractivity contribution in [3.05, 3.63) is 0 Å². The fraction of sp³-hybridized carbons (Fsp3) is 1.00. The number of ether oxygens (including phenoxy) is 1. The molecule has 10 nitrogen and oxygen atoms in total. The second-order valence-corrected chi connectivity index (χ2v) is 9.39. The number of rotatable bonds is 4. The zero-order valence-electron chi connectivity index (χ0n) is 20.5. The summed E-state index contributed by atoms with van der Waals surface area (Å²) in [5.74, 6) is 0.586. The van der Waals surface area contributed by atoms with Crippen molar-refractivity contribution in [2.24, 2.45) is 5.92 Å². The maximum absolute atomic E-state index is 9.33. The van der Waals surface area contributed by atoms with Gasteiger partial charge in [0.2, 0.25) is 0 Å². The smallest absolute Gasteiger partial charge is 0.100 e. The summed E-state index contributed by atoms with van der Waals surface area (Å²) in [4.78, 5) is 0. The molecule has 9 N–H and O–H groups in total. The van der Waals surface area contributed by atoms with Crippen LogP contribution < -0.4 is 0 Å². The van der Waals surface area contributed by atoms with Crippen LogP contribution in [0.15, 0.2) is 0 Å². The van der Waals surface area contributed by atoms with E-state index in [1.165, 1.54) is 0 Å². The molecule has 35 heavy (non-hydrogen) atoms. The van der Waals surface area contributed by atoms with E-state index in [0.29, 0.717) is 44.4 Å². The Balaban J connectivity index is -0.000000435. The van der Waals surface area contributed by atoms with Gasteiger partial charge in [0, 0.05) is 12.8 Å². The lowest BCUT2D eigenvalue weighted by molar-refractivity contribution is -0.0919. The van der Waals surface area contributed by atoms with Crippen LogP contribution in [-0.2, 0) is 4.74 Å². The van der Waals surface area contributed by atoms with E-state index in [2.05, 4.69) is 6.92 Å². The average molecular weight is 571 g/mol. The average Bonchev–Trinajstić information content (AvgIpc) is 2.75. The first kappa shape index (κ1) is 40.2. The lowest BCUT2D eigenvalue weighted by Gasteiger charge is -2.30. The zero-order chi connectivity index (χ0) is 24.3. The Bertz CT molecular complexity index is 472. The van der Waals surface area contributed by atoms with Crippen molar-refractivity contribution < 1.29 is 50.7 Å². The molecule has 0 aromatic heterocycles. The van der Waals surface area contributed by atoms with Gasteiger partial charge in [-0.05, 0) is 50.9 Å². The fourth-order valence-corrected chi connectivity index (χ4v) is 3.99. The van der Waals surface area contributed by atoms with Gasteiger partial charge in [-0.15, -0.1) is 0 Å². The first-order valence-corrected chi connectivity index (χ1v) is 11.7. The van der Waals surface area contributed by atoms with Gasteiger partial charge in [-0.2, -0.15) is 40.5 Å². The van der Waals surface area contributed by atoms with Crippen molar-refractivity contribution >= 4 is 40.5 Å². The fourth-order valence-electron chi connectivity index (χ4n) is 3.99. The molecule has 0 spiro atoms. The Morgan fingerprint density at radius 1 is 0.629 bits per heavy atom. The second kappa shape index (κ2) is 21.6. The summed E-state index contributed by atoms with van der Waals surface area (Å²) in [7, 11) is 0. The largest absolute Gasteiger partial charge is 0.394 e. The van der Waals surface area contributed by atoms with E-state index in [0.717, 1.165) is 19.3 Å². The predicted molar refractivity (Wildman–Crippen MR) is 147 cm³/mol. The molecule has 0 bridgehead atoms. The number of hydrogen-bond acceptors (Lipinski definition) is 10. The Labute approximate surface area is 229 Å². The van der Waals surface area contributed by atoms with E-state index >= 15 is 0 Å². The molecule has 0 aliphatic heterocycles. The summed E-state index contributed by atoms with van der Waals surface area (Å²) in [5, 5.41) is 81.1. The number of hydrogen-bond donors (Lipinski definition) is 9. The SMILES string of the molecule is CC1CCC(O)C(O)C1.OC1CCC(O)C(O)C1.OCC(O)COC1CCC(O)C(O)C1.S.S.S. The molecule has 0 radical (unpaired) electrons. The number of aliphatic hydroxyl groups excluding tert-OH is 9. The van der Waals surface area contributed by atoms with Gasteiger partial charge in [0.05, 0.1) is 62.0 Å². The van der Waals surface area contributed by atoms with Crippen LogP contribution in [0.4, 0.5) is 0 Å². The predicted octanol–water partition coefficient (Wildman–Crippen LogP) is -1.25. The summed E-state index contributed by atoms with van der Waals surface area (Å²) < 4.78 is 5.27. The van der Waals surface area contributed by atoms with Gasteiger partial charge >= 0.3 is 0 Å². The number of aliphatic hydroxyl groups is 9. The lowest BCUT2D eigenvalue weighted by atomic mass is 9.87. The minimum atomic E-state index is -0.862. The van der Waals surface area contributed by atoms with E-state index in [-0.39, 0.29) is 59.8 Å². The van der Waals surface area contributed by atoms with Gasteiger partial charge in [-0.1, -0.05) is 6.92 Å². The lowest BCUT2D eigenvalue weighted by Crippen LogP contribution is -2.38. The maximum atomic E-state index is 9.33. The summed E-state index contributed by atoms with van der Waals surface area (Å²) >= 11 is 0.